The number of thiazole rings is 1. The summed E-state index contributed by atoms with van der Waals surface area (Å²) in [4.78, 5) is 16.7. The molecular formula is C12H13NO2S3. The van der Waals surface area contributed by atoms with E-state index in [-0.39, 0.29) is 0 Å². The van der Waals surface area contributed by atoms with Crippen molar-refractivity contribution >= 4 is 40.4 Å². The maximum absolute atomic E-state index is 10.8. The first-order chi connectivity index (χ1) is 8.56. The van der Waals surface area contributed by atoms with E-state index in [2.05, 4.69) is 24.2 Å². The number of rotatable bonds is 5. The van der Waals surface area contributed by atoms with E-state index in [0.29, 0.717) is 10.8 Å². The minimum absolute atomic E-state index is 0.388. The van der Waals surface area contributed by atoms with E-state index in [4.69, 9.17) is 5.11 Å². The molecule has 0 aromatic carbocycles. The van der Waals surface area contributed by atoms with Crippen molar-refractivity contribution in [2.45, 2.75) is 30.4 Å². The van der Waals surface area contributed by atoms with Gasteiger partial charge >= 0.3 is 5.97 Å². The van der Waals surface area contributed by atoms with Crippen molar-refractivity contribution in [3.63, 3.8) is 0 Å². The maximum atomic E-state index is 10.8. The van der Waals surface area contributed by atoms with Crippen LogP contribution in [0.25, 0.3) is 0 Å². The van der Waals surface area contributed by atoms with E-state index in [1.807, 2.05) is 5.38 Å². The Morgan fingerprint density at radius 1 is 1.44 bits per heavy atom. The van der Waals surface area contributed by atoms with Gasteiger partial charge in [-0.05, 0) is 6.07 Å². The van der Waals surface area contributed by atoms with Crippen LogP contribution >= 0.6 is 34.4 Å². The molecule has 0 radical (unpaired) electrons. The van der Waals surface area contributed by atoms with Gasteiger partial charge in [0, 0.05) is 27.3 Å². The highest BCUT2D eigenvalue weighted by Gasteiger charge is 2.09. The van der Waals surface area contributed by atoms with Crippen LogP contribution in [0.2, 0.25) is 0 Å². The molecule has 0 saturated carbocycles. The summed E-state index contributed by atoms with van der Waals surface area (Å²) in [6.45, 7) is 4.27. The molecule has 3 nitrogen and oxygen atoms in total. The first kappa shape index (κ1) is 13.6. The summed E-state index contributed by atoms with van der Waals surface area (Å²) in [5, 5.41) is 13.9. The van der Waals surface area contributed by atoms with Crippen LogP contribution in [0.1, 0.15) is 40.1 Å². The van der Waals surface area contributed by atoms with Gasteiger partial charge in [0.15, 0.2) is 0 Å². The molecule has 0 unspecified atom stereocenters. The van der Waals surface area contributed by atoms with Crippen LogP contribution in [-0.2, 0) is 5.75 Å². The third-order valence-corrected chi connectivity index (χ3v) is 5.51. The normalized spacial score (nSPS) is 11.1. The molecule has 0 aliphatic heterocycles. The standard InChI is InChI=1S/C12H13NO2S3/c1-7(2)11-13-8(5-18-11)4-16-9-3-10(12(14)15)17-6-9/h3,5-7H,4H2,1-2H3,(H,14,15). The van der Waals surface area contributed by atoms with Crippen LogP contribution in [-0.4, -0.2) is 16.1 Å². The molecule has 1 N–H and O–H groups in total. The van der Waals surface area contributed by atoms with Crippen molar-refractivity contribution in [1.29, 1.82) is 0 Å². The SMILES string of the molecule is CC(C)c1nc(CSc2csc(C(=O)O)c2)cs1. The summed E-state index contributed by atoms with van der Waals surface area (Å²) in [7, 11) is 0. The molecule has 2 heterocycles. The van der Waals surface area contributed by atoms with Gasteiger partial charge < -0.3 is 5.11 Å². The second-order valence-electron chi connectivity index (χ2n) is 4.07. The Balaban J connectivity index is 1.95. The van der Waals surface area contributed by atoms with Crippen molar-refractivity contribution in [3.05, 3.63) is 32.4 Å². The van der Waals surface area contributed by atoms with E-state index in [0.717, 1.165) is 21.3 Å². The summed E-state index contributed by atoms with van der Waals surface area (Å²) in [6.07, 6.45) is 0. The Kier molecular flexibility index (Phi) is 4.42. The Morgan fingerprint density at radius 2 is 2.22 bits per heavy atom. The fraction of sp³-hybridized carbons (Fsp3) is 0.333. The maximum Gasteiger partial charge on any atom is 0.345 e. The lowest BCUT2D eigenvalue weighted by Gasteiger charge is -1.97. The number of thioether (sulfide) groups is 1. The second-order valence-corrected chi connectivity index (χ2v) is 6.92. The summed E-state index contributed by atoms with van der Waals surface area (Å²) in [5.74, 6) is 0.398. The molecule has 6 heteroatoms. The lowest BCUT2D eigenvalue weighted by atomic mass is 10.2. The Labute approximate surface area is 118 Å². The number of hydrogen-bond donors (Lipinski definition) is 1. The summed E-state index contributed by atoms with van der Waals surface area (Å²) >= 11 is 4.58. The number of thiophene rings is 1. The van der Waals surface area contributed by atoms with Gasteiger partial charge in [-0.3, -0.25) is 0 Å². The predicted octanol–water partition coefficient (Wildman–Crippen LogP) is 4.32. The summed E-state index contributed by atoms with van der Waals surface area (Å²) in [5.41, 5.74) is 1.07. The van der Waals surface area contributed by atoms with E-state index >= 15 is 0 Å². The third-order valence-electron chi connectivity index (χ3n) is 2.24. The molecular weight excluding hydrogens is 286 g/mol. The Hall–Kier alpha value is -0.850. The Morgan fingerprint density at radius 3 is 2.78 bits per heavy atom. The van der Waals surface area contributed by atoms with Gasteiger partial charge in [-0.2, -0.15) is 0 Å². The molecule has 2 aromatic rings. The van der Waals surface area contributed by atoms with Crippen LogP contribution in [0.4, 0.5) is 0 Å². The van der Waals surface area contributed by atoms with Gasteiger partial charge in [0.05, 0.1) is 10.7 Å². The first-order valence-electron chi connectivity index (χ1n) is 5.45. The van der Waals surface area contributed by atoms with Crippen molar-refractivity contribution in [2.24, 2.45) is 0 Å². The van der Waals surface area contributed by atoms with Gasteiger partial charge in [0.1, 0.15) is 4.88 Å². The smallest absolute Gasteiger partial charge is 0.345 e. The number of carbonyl (C=O) groups is 1. The molecule has 0 saturated heterocycles. The molecule has 0 aliphatic rings. The van der Waals surface area contributed by atoms with Gasteiger partial charge in [-0.15, -0.1) is 34.4 Å². The van der Waals surface area contributed by atoms with Gasteiger partial charge in [-0.25, -0.2) is 9.78 Å². The monoisotopic (exact) mass is 299 g/mol. The second kappa shape index (κ2) is 5.86. The van der Waals surface area contributed by atoms with Gasteiger partial charge in [0.2, 0.25) is 0 Å². The fourth-order valence-electron chi connectivity index (χ4n) is 1.32. The first-order valence-corrected chi connectivity index (χ1v) is 8.19. The minimum atomic E-state index is -0.859. The molecule has 0 amide bonds. The predicted molar refractivity (Wildman–Crippen MR) is 77.0 cm³/mol. The molecule has 0 aliphatic carbocycles. The van der Waals surface area contributed by atoms with Crippen LogP contribution in [0.15, 0.2) is 21.7 Å². The quantitative estimate of drug-likeness (QED) is 0.835. The molecule has 0 spiro atoms. The molecule has 2 rings (SSSR count). The third kappa shape index (κ3) is 3.34. The van der Waals surface area contributed by atoms with E-state index < -0.39 is 5.97 Å². The van der Waals surface area contributed by atoms with E-state index in [1.54, 1.807) is 29.2 Å². The molecule has 2 aromatic heterocycles. The molecule has 0 fully saturated rings. The molecule has 0 bridgehead atoms. The van der Waals surface area contributed by atoms with Crippen LogP contribution < -0.4 is 0 Å². The van der Waals surface area contributed by atoms with Crippen molar-refractivity contribution in [2.75, 3.05) is 0 Å². The average molecular weight is 299 g/mol. The number of nitrogens with zero attached hydrogens (tertiary/aromatic N) is 1. The highest BCUT2D eigenvalue weighted by molar-refractivity contribution is 7.98. The topological polar surface area (TPSA) is 50.2 Å². The van der Waals surface area contributed by atoms with E-state index in [1.165, 1.54) is 11.3 Å². The lowest BCUT2D eigenvalue weighted by Crippen LogP contribution is -1.90. The number of carboxylic acid groups (broad SMARTS) is 1. The fourth-order valence-corrected chi connectivity index (χ4v) is 4.02. The number of carboxylic acids is 1. The summed E-state index contributed by atoms with van der Waals surface area (Å²) in [6, 6.07) is 1.72. The van der Waals surface area contributed by atoms with Crippen molar-refractivity contribution in [3.8, 4) is 0 Å². The van der Waals surface area contributed by atoms with Crippen LogP contribution in [0.5, 0.6) is 0 Å². The molecule has 0 atom stereocenters. The highest BCUT2D eigenvalue weighted by Crippen LogP contribution is 2.29. The lowest BCUT2D eigenvalue weighted by molar-refractivity contribution is 0.0702. The Bertz CT molecular complexity index is 545. The zero-order valence-corrected chi connectivity index (χ0v) is 12.5. The largest absolute Gasteiger partial charge is 0.477 e. The zero-order valence-electron chi connectivity index (χ0n) is 10.0. The van der Waals surface area contributed by atoms with Crippen LogP contribution in [0.3, 0.4) is 0 Å². The minimum Gasteiger partial charge on any atom is -0.477 e. The molecule has 96 valence electrons. The van der Waals surface area contributed by atoms with Crippen molar-refractivity contribution in [1.82, 2.24) is 4.98 Å². The number of aromatic carboxylic acids is 1. The summed E-state index contributed by atoms with van der Waals surface area (Å²) < 4.78 is 0. The average Bonchev–Trinajstić information content (AvgIpc) is 2.95. The van der Waals surface area contributed by atoms with Gasteiger partial charge in [0.25, 0.3) is 0 Å². The van der Waals surface area contributed by atoms with Crippen LogP contribution in [0, 0.1) is 0 Å². The molecule has 18 heavy (non-hydrogen) atoms. The van der Waals surface area contributed by atoms with Crippen molar-refractivity contribution < 1.29 is 9.90 Å². The zero-order chi connectivity index (χ0) is 13.1. The van der Waals surface area contributed by atoms with Gasteiger partial charge in [-0.1, -0.05) is 13.8 Å². The highest BCUT2D eigenvalue weighted by atomic mass is 32.2. The van der Waals surface area contributed by atoms with E-state index in [9.17, 15) is 4.79 Å². The number of hydrogen-bond acceptors (Lipinski definition) is 5. The number of aromatic nitrogens is 1.